The van der Waals surface area contributed by atoms with Gasteiger partial charge in [0.15, 0.2) is 0 Å². The van der Waals surface area contributed by atoms with E-state index >= 15 is 0 Å². The van der Waals surface area contributed by atoms with Crippen LogP contribution in [-0.2, 0) is 11.3 Å². The molecule has 0 unspecified atom stereocenters. The molecule has 3 rings (SSSR count). The largest absolute Gasteiger partial charge is 0.487 e. The van der Waals surface area contributed by atoms with Gasteiger partial charge in [0.05, 0.1) is 17.0 Å². The van der Waals surface area contributed by atoms with Crippen molar-refractivity contribution in [2.75, 3.05) is 13.4 Å². The first kappa shape index (κ1) is 17.0. The summed E-state index contributed by atoms with van der Waals surface area (Å²) in [4.78, 5) is 17.0. The number of thioether (sulfide) groups is 1. The number of para-hydroxylation sites is 1. The van der Waals surface area contributed by atoms with Gasteiger partial charge in [0.1, 0.15) is 22.2 Å². The topological polar surface area (TPSA) is 48.4 Å². The second-order valence-electron chi connectivity index (χ2n) is 4.75. The van der Waals surface area contributed by atoms with Crippen LogP contribution in [0, 0.1) is 0 Å². The normalized spacial score (nSPS) is 10.6. The zero-order chi connectivity index (χ0) is 16.9. The number of ether oxygens (including phenoxy) is 2. The molecule has 3 aromatic rings. The summed E-state index contributed by atoms with van der Waals surface area (Å²) < 4.78 is 11.6. The van der Waals surface area contributed by atoms with Gasteiger partial charge < -0.3 is 9.47 Å². The maximum Gasteiger partial charge on any atom is 0.348 e. The molecule has 24 heavy (non-hydrogen) atoms. The van der Waals surface area contributed by atoms with Gasteiger partial charge in [0.25, 0.3) is 0 Å². The lowest BCUT2D eigenvalue weighted by Gasteiger charge is -2.02. The highest BCUT2D eigenvalue weighted by atomic mass is 32.2. The fourth-order valence-electron chi connectivity index (χ4n) is 2.05. The van der Waals surface area contributed by atoms with Crippen LogP contribution in [0.3, 0.4) is 0 Å². The molecule has 4 nitrogen and oxygen atoms in total. The zero-order valence-electron chi connectivity index (χ0n) is 13.1. The van der Waals surface area contributed by atoms with Gasteiger partial charge in [-0.25, -0.2) is 9.78 Å². The van der Waals surface area contributed by atoms with Crippen molar-refractivity contribution in [1.82, 2.24) is 4.98 Å². The number of methoxy groups -OCH3 is 1. The van der Waals surface area contributed by atoms with E-state index in [0.717, 1.165) is 26.2 Å². The van der Waals surface area contributed by atoms with E-state index in [9.17, 15) is 4.79 Å². The number of carbonyl (C=O) groups excluding carboxylic acids is 1. The molecule has 124 valence electrons. The van der Waals surface area contributed by atoms with Crippen molar-refractivity contribution in [2.45, 2.75) is 10.8 Å². The molecule has 0 saturated heterocycles. The molecule has 7 heteroatoms. The highest BCUT2D eigenvalue weighted by Gasteiger charge is 2.18. The van der Waals surface area contributed by atoms with Crippen LogP contribution in [0.1, 0.15) is 15.4 Å². The van der Waals surface area contributed by atoms with E-state index in [4.69, 9.17) is 9.47 Å². The van der Waals surface area contributed by atoms with Crippen molar-refractivity contribution in [3.05, 3.63) is 52.3 Å². The number of thiophene rings is 1. The SMILES string of the molecule is COC(=O)c1cc(-c2nc(COc3ccccc3)cs2)c(SC)s1. The minimum absolute atomic E-state index is 0.314. The number of aromatic nitrogens is 1. The summed E-state index contributed by atoms with van der Waals surface area (Å²) in [5.41, 5.74) is 1.85. The molecule has 2 aromatic heterocycles. The Hall–Kier alpha value is -1.83. The average Bonchev–Trinajstić information content (AvgIpc) is 3.26. The number of nitrogens with zero attached hydrogens (tertiary/aromatic N) is 1. The lowest BCUT2D eigenvalue weighted by molar-refractivity contribution is 0.0606. The molecule has 1 aromatic carbocycles. The van der Waals surface area contributed by atoms with E-state index in [1.54, 1.807) is 23.1 Å². The molecular formula is C17H15NO3S3. The van der Waals surface area contributed by atoms with Gasteiger partial charge in [0, 0.05) is 10.9 Å². The number of carbonyl (C=O) groups is 1. The maximum absolute atomic E-state index is 11.7. The monoisotopic (exact) mass is 377 g/mol. The lowest BCUT2D eigenvalue weighted by Crippen LogP contribution is -1.97. The first-order valence-corrected chi connectivity index (χ1v) is 10.0. The highest BCUT2D eigenvalue weighted by molar-refractivity contribution is 8.00. The van der Waals surface area contributed by atoms with Crippen LogP contribution in [-0.4, -0.2) is 24.3 Å². The summed E-state index contributed by atoms with van der Waals surface area (Å²) in [7, 11) is 1.39. The minimum Gasteiger partial charge on any atom is -0.487 e. The standard InChI is InChI=1S/C17H15NO3S3/c1-20-16(19)14-8-13(17(22-2)24-14)15-18-11(10-23-15)9-21-12-6-4-3-5-7-12/h3-8,10H,9H2,1-2H3. The fraction of sp³-hybridized carbons (Fsp3) is 0.176. The number of benzene rings is 1. The van der Waals surface area contributed by atoms with E-state index in [2.05, 4.69) is 4.98 Å². The molecule has 0 spiro atoms. The molecule has 0 aliphatic heterocycles. The molecule has 0 aliphatic carbocycles. The van der Waals surface area contributed by atoms with Crippen LogP contribution in [0.15, 0.2) is 46.0 Å². The van der Waals surface area contributed by atoms with Crippen LogP contribution < -0.4 is 4.74 Å². The molecule has 0 radical (unpaired) electrons. The van der Waals surface area contributed by atoms with Gasteiger partial charge in [-0.1, -0.05) is 18.2 Å². The van der Waals surface area contributed by atoms with E-state index < -0.39 is 0 Å². The summed E-state index contributed by atoms with van der Waals surface area (Å²) in [6.45, 7) is 0.420. The van der Waals surface area contributed by atoms with Crippen molar-refractivity contribution in [1.29, 1.82) is 0 Å². The summed E-state index contributed by atoms with van der Waals surface area (Å²) in [6, 6.07) is 11.5. The number of hydrogen-bond acceptors (Lipinski definition) is 7. The van der Waals surface area contributed by atoms with Gasteiger partial charge in [-0.3, -0.25) is 0 Å². The maximum atomic E-state index is 11.7. The van der Waals surface area contributed by atoms with Crippen LogP contribution in [0.2, 0.25) is 0 Å². The van der Waals surface area contributed by atoms with Crippen molar-refractivity contribution in [3.8, 4) is 16.3 Å². The number of rotatable bonds is 6. The number of hydrogen-bond donors (Lipinski definition) is 0. The van der Waals surface area contributed by atoms with Crippen molar-refractivity contribution in [3.63, 3.8) is 0 Å². The first-order valence-electron chi connectivity index (χ1n) is 7.10. The summed E-state index contributed by atoms with van der Waals surface area (Å²) in [5, 5.41) is 2.87. The third-order valence-corrected chi connectivity index (χ3v) is 6.36. The Morgan fingerprint density at radius 1 is 1.29 bits per heavy atom. The Labute approximate surface area is 152 Å². The van der Waals surface area contributed by atoms with E-state index in [1.807, 2.05) is 48.0 Å². The molecule has 0 saturated carbocycles. The van der Waals surface area contributed by atoms with Crippen molar-refractivity contribution in [2.24, 2.45) is 0 Å². The van der Waals surface area contributed by atoms with E-state index in [-0.39, 0.29) is 5.97 Å². The van der Waals surface area contributed by atoms with Gasteiger partial charge in [-0.15, -0.1) is 34.4 Å². The van der Waals surface area contributed by atoms with Crippen molar-refractivity contribution >= 4 is 40.4 Å². The Balaban J connectivity index is 1.77. The van der Waals surface area contributed by atoms with Crippen molar-refractivity contribution < 1.29 is 14.3 Å². The molecule has 0 bridgehead atoms. The summed E-state index contributed by atoms with van der Waals surface area (Å²) in [5.74, 6) is 0.506. The summed E-state index contributed by atoms with van der Waals surface area (Å²) in [6.07, 6.45) is 1.99. The molecule has 0 amide bonds. The Bertz CT molecular complexity index is 827. The third-order valence-electron chi connectivity index (χ3n) is 3.18. The van der Waals surface area contributed by atoms with E-state index in [1.165, 1.54) is 18.4 Å². The molecule has 0 atom stereocenters. The lowest BCUT2D eigenvalue weighted by atomic mass is 10.3. The highest BCUT2D eigenvalue weighted by Crippen LogP contribution is 2.39. The average molecular weight is 378 g/mol. The molecule has 0 N–H and O–H groups in total. The quantitative estimate of drug-likeness (QED) is 0.449. The van der Waals surface area contributed by atoms with Gasteiger partial charge in [0.2, 0.25) is 0 Å². The van der Waals surface area contributed by atoms with Gasteiger partial charge in [-0.05, 0) is 24.5 Å². The Morgan fingerprint density at radius 3 is 2.79 bits per heavy atom. The minimum atomic E-state index is -0.314. The van der Waals surface area contributed by atoms with Crippen LogP contribution >= 0.6 is 34.4 Å². The summed E-state index contributed by atoms with van der Waals surface area (Å²) >= 11 is 4.59. The molecular weight excluding hydrogens is 362 g/mol. The fourth-order valence-corrected chi connectivity index (χ4v) is 4.79. The second-order valence-corrected chi connectivity index (χ2v) is 7.74. The number of esters is 1. The van der Waals surface area contributed by atoms with Crippen LogP contribution in [0.25, 0.3) is 10.6 Å². The zero-order valence-corrected chi connectivity index (χ0v) is 15.6. The van der Waals surface area contributed by atoms with Gasteiger partial charge in [-0.2, -0.15) is 0 Å². The van der Waals surface area contributed by atoms with E-state index in [0.29, 0.717) is 11.5 Å². The molecule has 0 aliphatic rings. The predicted molar refractivity (Wildman–Crippen MR) is 99.3 cm³/mol. The predicted octanol–water partition coefficient (Wildman–Crippen LogP) is 4.96. The van der Waals surface area contributed by atoms with Crippen LogP contribution in [0.4, 0.5) is 0 Å². The number of thiazole rings is 1. The first-order chi connectivity index (χ1) is 11.7. The smallest absolute Gasteiger partial charge is 0.348 e. The third kappa shape index (κ3) is 3.80. The van der Waals surface area contributed by atoms with Gasteiger partial charge >= 0.3 is 5.97 Å². The molecule has 0 fully saturated rings. The van der Waals surface area contributed by atoms with Crippen LogP contribution in [0.5, 0.6) is 5.75 Å². The second kappa shape index (κ2) is 7.83. The Kier molecular flexibility index (Phi) is 5.55. The molecule has 2 heterocycles. The Morgan fingerprint density at radius 2 is 2.08 bits per heavy atom.